The summed E-state index contributed by atoms with van der Waals surface area (Å²) in [6.07, 6.45) is 4.64. The maximum Gasteiger partial charge on any atom is 0.0708 e. The largest absolute Gasteiger partial charge is 0.389 e. The van der Waals surface area contributed by atoms with E-state index in [1.165, 1.54) is 5.69 Å². The van der Waals surface area contributed by atoms with Crippen LogP contribution in [0.4, 0.5) is 0 Å². The second-order valence-electron chi connectivity index (χ2n) is 6.54. The molecule has 1 saturated carbocycles. The molecule has 0 spiro atoms. The molecule has 0 radical (unpaired) electrons. The van der Waals surface area contributed by atoms with E-state index >= 15 is 0 Å². The van der Waals surface area contributed by atoms with Crippen LogP contribution in [0.2, 0.25) is 0 Å². The fourth-order valence-electron chi connectivity index (χ4n) is 3.23. The highest BCUT2D eigenvalue weighted by Crippen LogP contribution is 2.44. The van der Waals surface area contributed by atoms with Crippen LogP contribution in [0.5, 0.6) is 0 Å². The Bertz CT molecular complexity index is 422. The summed E-state index contributed by atoms with van der Waals surface area (Å²) in [4.78, 5) is 0. The predicted octanol–water partition coefficient (Wildman–Crippen LogP) is 2.95. The minimum Gasteiger partial charge on any atom is -0.389 e. The van der Waals surface area contributed by atoms with Crippen LogP contribution in [0.3, 0.4) is 0 Å². The molecule has 1 unspecified atom stereocenters. The Morgan fingerprint density at radius 1 is 1.33 bits per heavy atom. The van der Waals surface area contributed by atoms with Gasteiger partial charge in [0, 0.05) is 18.7 Å². The molecule has 1 aromatic rings. The van der Waals surface area contributed by atoms with Gasteiger partial charge in [0.2, 0.25) is 0 Å². The van der Waals surface area contributed by atoms with E-state index in [1.54, 1.807) is 0 Å². The maximum atomic E-state index is 10.7. The highest BCUT2D eigenvalue weighted by Gasteiger charge is 2.42. The van der Waals surface area contributed by atoms with Crippen molar-refractivity contribution < 1.29 is 5.11 Å². The molecule has 3 heteroatoms. The number of aliphatic hydroxyl groups is 1. The molecule has 1 aliphatic rings. The minimum absolute atomic E-state index is 0.277. The van der Waals surface area contributed by atoms with E-state index in [-0.39, 0.29) is 5.41 Å². The monoisotopic (exact) mass is 250 g/mol. The van der Waals surface area contributed by atoms with Crippen molar-refractivity contribution in [2.45, 2.75) is 71.9 Å². The molecule has 0 bridgehead atoms. The van der Waals surface area contributed by atoms with Crippen molar-refractivity contribution in [3.05, 3.63) is 17.5 Å². The Kier molecular flexibility index (Phi) is 3.54. The SMILES string of the molecule is CCc1cc(CC2(O)CCC(C)(C)C2)n(CC)n1. The Morgan fingerprint density at radius 2 is 2.06 bits per heavy atom. The van der Waals surface area contributed by atoms with Crippen LogP contribution < -0.4 is 0 Å². The standard InChI is InChI=1S/C15H26N2O/c1-5-12-9-13(17(6-2)16-12)10-15(18)8-7-14(3,4)11-15/h9,18H,5-8,10-11H2,1-4H3. The highest BCUT2D eigenvalue weighted by molar-refractivity contribution is 5.14. The first kappa shape index (κ1) is 13.6. The average molecular weight is 250 g/mol. The van der Waals surface area contributed by atoms with Crippen LogP contribution >= 0.6 is 0 Å². The predicted molar refractivity (Wildman–Crippen MR) is 73.6 cm³/mol. The molecule has 18 heavy (non-hydrogen) atoms. The molecule has 1 atom stereocenters. The average Bonchev–Trinajstić information content (AvgIpc) is 2.79. The molecule has 2 rings (SSSR count). The first-order chi connectivity index (χ1) is 8.37. The molecular formula is C15H26N2O. The quantitative estimate of drug-likeness (QED) is 0.892. The summed E-state index contributed by atoms with van der Waals surface area (Å²) in [6, 6.07) is 2.16. The third-order valence-electron chi connectivity index (χ3n) is 4.16. The van der Waals surface area contributed by atoms with E-state index in [2.05, 4.69) is 38.9 Å². The summed E-state index contributed by atoms with van der Waals surface area (Å²) in [5.74, 6) is 0. The van der Waals surface area contributed by atoms with Crippen molar-refractivity contribution in [3.63, 3.8) is 0 Å². The van der Waals surface area contributed by atoms with Gasteiger partial charge in [-0.15, -0.1) is 0 Å². The Hall–Kier alpha value is -0.830. The van der Waals surface area contributed by atoms with E-state index in [0.717, 1.165) is 44.3 Å². The Morgan fingerprint density at radius 3 is 2.56 bits per heavy atom. The molecular weight excluding hydrogens is 224 g/mol. The number of aromatic nitrogens is 2. The number of nitrogens with zero attached hydrogens (tertiary/aromatic N) is 2. The second kappa shape index (κ2) is 4.69. The van der Waals surface area contributed by atoms with Gasteiger partial charge in [-0.05, 0) is 44.1 Å². The zero-order valence-corrected chi connectivity index (χ0v) is 12.2. The lowest BCUT2D eigenvalue weighted by Crippen LogP contribution is -2.30. The smallest absolute Gasteiger partial charge is 0.0708 e. The van der Waals surface area contributed by atoms with Gasteiger partial charge in [-0.3, -0.25) is 4.68 Å². The summed E-state index contributed by atoms with van der Waals surface area (Å²) in [7, 11) is 0. The highest BCUT2D eigenvalue weighted by atomic mass is 16.3. The van der Waals surface area contributed by atoms with Gasteiger partial charge >= 0.3 is 0 Å². The van der Waals surface area contributed by atoms with Gasteiger partial charge in [-0.2, -0.15) is 5.10 Å². The lowest BCUT2D eigenvalue weighted by molar-refractivity contribution is 0.0359. The van der Waals surface area contributed by atoms with E-state index < -0.39 is 5.60 Å². The zero-order valence-electron chi connectivity index (χ0n) is 12.2. The van der Waals surface area contributed by atoms with Gasteiger partial charge in [-0.25, -0.2) is 0 Å². The van der Waals surface area contributed by atoms with Crippen molar-refractivity contribution >= 4 is 0 Å². The molecule has 0 aliphatic heterocycles. The third-order valence-corrected chi connectivity index (χ3v) is 4.16. The molecule has 1 aliphatic carbocycles. The zero-order chi connectivity index (χ0) is 13.4. The number of hydrogen-bond acceptors (Lipinski definition) is 2. The van der Waals surface area contributed by atoms with E-state index in [1.807, 2.05) is 4.68 Å². The van der Waals surface area contributed by atoms with Crippen LogP contribution in [0, 0.1) is 5.41 Å². The van der Waals surface area contributed by atoms with Crippen molar-refractivity contribution in [2.24, 2.45) is 5.41 Å². The van der Waals surface area contributed by atoms with Crippen LogP contribution in [-0.4, -0.2) is 20.5 Å². The molecule has 1 fully saturated rings. The summed E-state index contributed by atoms with van der Waals surface area (Å²) in [5.41, 5.74) is 2.07. The third kappa shape index (κ3) is 2.77. The lowest BCUT2D eigenvalue weighted by atomic mass is 9.87. The van der Waals surface area contributed by atoms with Crippen LogP contribution in [-0.2, 0) is 19.4 Å². The van der Waals surface area contributed by atoms with Gasteiger partial charge in [-0.1, -0.05) is 20.8 Å². The summed E-state index contributed by atoms with van der Waals surface area (Å²) in [5, 5.41) is 15.3. The Balaban J connectivity index is 2.16. The Labute approximate surface area is 110 Å². The number of rotatable bonds is 4. The summed E-state index contributed by atoms with van der Waals surface area (Å²) in [6.45, 7) is 9.62. The van der Waals surface area contributed by atoms with Crippen molar-refractivity contribution in [3.8, 4) is 0 Å². The van der Waals surface area contributed by atoms with Gasteiger partial charge in [0.25, 0.3) is 0 Å². The summed E-state index contributed by atoms with van der Waals surface area (Å²) < 4.78 is 2.04. The summed E-state index contributed by atoms with van der Waals surface area (Å²) >= 11 is 0. The van der Waals surface area contributed by atoms with Crippen LogP contribution in [0.15, 0.2) is 6.07 Å². The van der Waals surface area contributed by atoms with Gasteiger partial charge in [0.05, 0.1) is 11.3 Å². The fourth-order valence-corrected chi connectivity index (χ4v) is 3.23. The van der Waals surface area contributed by atoms with Gasteiger partial charge < -0.3 is 5.11 Å². The van der Waals surface area contributed by atoms with Crippen molar-refractivity contribution in [1.82, 2.24) is 9.78 Å². The van der Waals surface area contributed by atoms with Crippen LogP contribution in [0.25, 0.3) is 0 Å². The maximum absolute atomic E-state index is 10.7. The molecule has 102 valence electrons. The van der Waals surface area contributed by atoms with Crippen molar-refractivity contribution in [2.75, 3.05) is 0 Å². The molecule has 1 heterocycles. The molecule has 1 aromatic heterocycles. The minimum atomic E-state index is -0.526. The second-order valence-corrected chi connectivity index (χ2v) is 6.54. The van der Waals surface area contributed by atoms with Gasteiger partial charge in [0.1, 0.15) is 0 Å². The van der Waals surface area contributed by atoms with Gasteiger partial charge in [0.15, 0.2) is 0 Å². The molecule has 0 amide bonds. The molecule has 0 aromatic carbocycles. The normalized spacial score (nSPS) is 26.7. The number of hydrogen-bond donors (Lipinski definition) is 1. The molecule has 0 saturated heterocycles. The van der Waals surface area contributed by atoms with E-state index in [4.69, 9.17) is 0 Å². The molecule has 1 N–H and O–H groups in total. The molecule has 3 nitrogen and oxygen atoms in total. The number of aryl methyl sites for hydroxylation is 2. The lowest BCUT2D eigenvalue weighted by Gasteiger charge is -2.25. The van der Waals surface area contributed by atoms with Crippen molar-refractivity contribution in [1.29, 1.82) is 0 Å². The fraction of sp³-hybridized carbons (Fsp3) is 0.800. The van der Waals surface area contributed by atoms with Crippen LogP contribution in [0.1, 0.15) is 58.3 Å². The van der Waals surface area contributed by atoms with E-state index in [9.17, 15) is 5.11 Å². The van der Waals surface area contributed by atoms with E-state index in [0.29, 0.717) is 0 Å². The first-order valence-corrected chi connectivity index (χ1v) is 7.15. The topological polar surface area (TPSA) is 38.0 Å². The first-order valence-electron chi connectivity index (χ1n) is 7.15.